The summed E-state index contributed by atoms with van der Waals surface area (Å²) in [6, 6.07) is 5.05. The van der Waals surface area contributed by atoms with Gasteiger partial charge in [-0.3, -0.25) is 9.59 Å². The van der Waals surface area contributed by atoms with Crippen molar-refractivity contribution in [2.75, 3.05) is 19.5 Å². The van der Waals surface area contributed by atoms with Crippen molar-refractivity contribution < 1.29 is 24.2 Å². The van der Waals surface area contributed by atoms with Gasteiger partial charge in [0.05, 0.1) is 19.9 Å². The maximum Gasteiger partial charge on any atom is 0.303 e. The second-order valence-electron chi connectivity index (χ2n) is 4.52. The molecule has 1 aromatic carbocycles. The van der Waals surface area contributed by atoms with E-state index in [1.54, 1.807) is 32.2 Å². The fraction of sp³-hybridized carbons (Fsp3) is 0.429. The maximum atomic E-state index is 11.8. The van der Waals surface area contributed by atoms with E-state index >= 15 is 0 Å². The molecule has 1 amide bonds. The van der Waals surface area contributed by atoms with E-state index in [2.05, 4.69) is 5.32 Å². The zero-order valence-corrected chi connectivity index (χ0v) is 11.8. The fourth-order valence-electron chi connectivity index (χ4n) is 1.79. The first-order valence-corrected chi connectivity index (χ1v) is 6.20. The topological polar surface area (TPSA) is 84.9 Å². The molecule has 6 nitrogen and oxygen atoms in total. The van der Waals surface area contributed by atoms with Crippen LogP contribution in [0.2, 0.25) is 0 Å². The fourth-order valence-corrected chi connectivity index (χ4v) is 1.79. The summed E-state index contributed by atoms with van der Waals surface area (Å²) in [6.45, 7) is 1.72. The molecule has 0 spiro atoms. The van der Waals surface area contributed by atoms with Gasteiger partial charge in [-0.25, -0.2) is 0 Å². The first-order valence-electron chi connectivity index (χ1n) is 6.20. The monoisotopic (exact) mass is 281 g/mol. The van der Waals surface area contributed by atoms with Crippen LogP contribution >= 0.6 is 0 Å². The van der Waals surface area contributed by atoms with Crippen molar-refractivity contribution in [3.63, 3.8) is 0 Å². The molecule has 1 atom stereocenters. The largest absolute Gasteiger partial charge is 0.497 e. The molecule has 0 aliphatic heterocycles. The Hall–Kier alpha value is -2.24. The van der Waals surface area contributed by atoms with Crippen molar-refractivity contribution >= 4 is 17.6 Å². The van der Waals surface area contributed by atoms with E-state index in [1.165, 1.54) is 7.11 Å². The van der Waals surface area contributed by atoms with Gasteiger partial charge in [-0.1, -0.05) is 6.92 Å². The molecule has 1 rings (SSSR count). The molecule has 6 heteroatoms. The van der Waals surface area contributed by atoms with Crippen LogP contribution in [-0.2, 0) is 9.59 Å². The highest BCUT2D eigenvalue weighted by atomic mass is 16.5. The van der Waals surface area contributed by atoms with Crippen molar-refractivity contribution in [2.24, 2.45) is 5.92 Å². The van der Waals surface area contributed by atoms with Gasteiger partial charge in [-0.15, -0.1) is 0 Å². The Kier molecular flexibility index (Phi) is 5.83. The lowest BCUT2D eigenvalue weighted by Gasteiger charge is -2.13. The standard InChI is InChI=1S/C14H19NO5/c1-9(7-14(17)18)6-13(16)15-11-5-4-10(19-2)8-12(11)20-3/h4-5,8-9H,6-7H2,1-3H3,(H,15,16)(H,17,18)/t9-/m1/s1. The summed E-state index contributed by atoms with van der Waals surface area (Å²) in [5, 5.41) is 11.4. The highest BCUT2D eigenvalue weighted by molar-refractivity contribution is 5.92. The van der Waals surface area contributed by atoms with Gasteiger partial charge in [0.1, 0.15) is 11.5 Å². The second kappa shape index (κ2) is 7.37. The molecule has 0 aliphatic rings. The Bertz CT molecular complexity index is 486. The minimum Gasteiger partial charge on any atom is -0.497 e. The van der Waals surface area contributed by atoms with Crippen LogP contribution in [0.4, 0.5) is 5.69 Å². The summed E-state index contributed by atoms with van der Waals surface area (Å²) in [4.78, 5) is 22.4. The predicted molar refractivity (Wildman–Crippen MR) is 74.2 cm³/mol. The highest BCUT2D eigenvalue weighted by Gasteiger charge is 2.14. The number of anilines is 1. The SMILES string of the molecule is COc1ccc(NC(=O)C[C@@H](C)CC(=O)O)c(OC)c1. The van der Waals surface area contributed by atoms with E-state index in [1.807, 2.05) is 0 Å². The van der Waals surface area contributed by atoms with Crippen molar-refractivity contribution in [2.45, 2.75) is 19.8 Å². The van der Waals surface area contributed by atoms with Crippen molar-refractivity contribution in [1.29, 1.82) is 0 Å². The average molecular weight is 281 g/mol. The third kappa shape index (κ3) is 4.79. The molecule has 0 heterocycles. The zero-order chi connectivity index (χ0) is 15.1. The number of aliphatic carboxylic acids is 1. The number of benzene rings is 1. The lowest BCUT2D eigenvalue weighted by molar-refractivity contribution is -0.138. The normalized spacial score (nSPS) is 11.6. The number of carbonyl (C=O) groups is 2. The van der Waals surface area contributed by atoms with Crippen LogP contribution in [-0.4, -0.2) is 31.2 Å². The van der Waals surface area contributed by atoms with Crippen molar-refractivity contribution in [1.82, 2.24) is 0 Å². The number of hydrogen-bond acceptors (Lipinski definition) is 4. The second-order valence-corrected chi connectivity index (χ2v) is 4.52. The Morgan fingerprint density at radius 3 is 2.50 bits per heavy atom. The van der Waals surface area contributed by atoms with Crippen LogP contribution in [0.3, 0.4) is 0 Å². The number of ether oxygens (including phenoxy) is 2. The molecular formula is C14H19NO5. The Morgan fingerprint density at radius 2 is 1.95 bits per heavy atom. The number of carbonyl (C=O) groups excluding carboxylic acids is 1. The van der Waals surface area contributed by atoms with Gasteiger partial charge < -0.3 is 19.9 Å². The molecule has 1 aromatic rings. The highest BCUT2D eigenvalue weighted by Crippen LogP contribution is 2.29. The molecule has 0 aromatic heterocycles. The van der Waals surface area contributed by atoms with Crippen LogP contribution in [0, 0.1) is 5.92 Å². The summed E-state index contributed by atoms with van der Waals surface area (Å²) in [7, 11) is 3.04. The minimum absolute atomic E-state index is 0.0346. The first-order chi connectivity index (χ1) is 9.46. The van der Waals surface area contributed by atoms with E-state index in [-0.39, 0.29) is 24.7 Å². The summed E-state index contributed by atoms with van der Waals surface area (Å²) in [5.41, 5.74) is 0.529. The third-order valence-corrected chi connectivity index (χ3v) is 2.74. The van der Waals surface area contributed by atoms with Gasteiger partial charge in [-0.2, -0.15) is 0 Å². The minimum atomic E-state index is -0.910. The van der Waals surface area contributed by atoms with Crippen LogP contribution in [0.15, 0.2) is 18.2 Å². The average Bonchev–Trinajstić information content (AvgIpc) is 2.37. The number of carboxylic acids is 1. The molecule has 0 unspecified atom stereocenters. The van der Waals surface area contributed by atoms with Gasteiger partial charge in [0.25, 0.3) is 0 Å². The molecule has 0 radical (unpaired) electrons. The van der Waals surface area contributed by atoms with Gasteiger partial charge >= 0.3 is 5.97 Å². The Morgan fingerprint density at radius 1 is 1.25 bits per heavy atom. The Balaban J connectivity index is 2.68. The van der Waals surface area contributed by atoms with Gasteiger partial charge in [-0.05, 0) is 18.1 Å². The third-order valence-electron chi connectivity index (χ3n) is 2.74. The number of rotatable bonds is 7. The smallest absolute Gasteiger partial charge is 0.303 e. The molecular weight excluding hydrogens is 262 g/mol. The molecule has 0 aliphatic carbocycles. The van der Waals surface area contributed by atoms with Crippen LogP contribution in [0.1, 0.15) is 19.8 Å². The maximum absolute atomic E-state index is 11.8. The van der Waals surface area contributed by atoms with Crippen LogP contribution in [0.5, 0.6) is 11.5 Å². The molecule has 110 valence electrons. The number of hydrogen-bond donors (Lipinski definition) is 2. The summed E-state index contributed by atoms with van der Waals surface area (Å²) in [6.07, 6.45) is 0.106. The summed E-state index contributed by atoms with van der Waals surface area (Å²) in [5.74, 6) is -0.269. The van der Waals surface area contributed by atoms with Gasteiger partial charge in [0.15, 0.2) is 0 Å². The van der Waals surface area contributed by atoms with E-state index in [0.29, 0.717) is 17.2 Å². The molecule has 20 heavy (non-hydrogen) atoms. The summed E-state index contributed by atoms with van der Waals surface area (Å²) >= 11 is 0. The van der Waals surface area contributed by atoms with E-state index < -0.39 is 5.97 Å². The molecule has 0 saturated heterocycles. The Labute approximate surface area is 117 Å². The van der Waals surface area contributed by atoms with E-state index in [4.69, 9.17) is 14.6 Å². The quantitative estimate of drug-likeness (QED) is 0.800. The van der Waals surface area contributed by atoms with Gasteiger partial charge in [0, 0.05) is 18.9 Å². The zero-order valence-electron chi connectivity index (χ0n) is 11.8. The van der Waals surface area contributed by atoms with Crippen molar-refractivity contribution in [3.05, 3.63) is 18.2 Å². The van der Waals surface area contributed by atoms with Gasteiger partial charge in [0.2, 0.25) is 5.91 Å². The molecule has 0 bridgehead atoms. The molecule has 0 saturated carbocycles. The lowest BCUT2D eigenvalue weighted by Crippen LogP contribution is -2.17. The molecule has 0 fully saturated rings. The number of amides is 1. The van der Waals surface area contributed by atoms with E-state index in [0.717, 1.165) is 0 Å². The van der Waals surface area contributed by atoms with Crippen LogP contribution in [0.25, 0.3) is 0 Å². The van der Waals surface area contributed by atoms with Crippen molar-refractivity contribution in [3.8, 4) is 11.5 Å². The number of methoxy groups -OCH3 is 2. The van der Waals surface area contributed by atoms with Crippen LogP contribution < -0.4 is 14.8 Å². The lowest BCUT2D eigenvalue weighted by atomic mass is 10.0. The number of carboxylic acid groups (broad SMARTS) is 1. The summed E-state index contributed by atoms with van der Waals surface area (Å²) < 4.78 is 10.2. The predicted octanol–water partition coefficient (Wildman–Crippen LogP) is 2.14. The molecule has 2 N–H and O–H groups in total. The number of nitrogens with one attached hydrogen (secondary N) is 1. The van der Waals surface area contributed by atoms with E-state index in [9.17, 15) is 9.59 Å². The first kappa shape index (κ1) is 15.8.